The van der Waals surface area contributed by atoms with E-state index in [1.807, 2.05) is 37.3 Å². The number of nitrogens with zero attached hydrogens (tertiary/aromatic N) is 1. The maximum Gasteiger partial charge on any atom is 0.331 e. The van der Waals surface area contributed by atoms with Gasteiger partial charge in [-0.2, -0.15) is 0 Å². The Bertz CT molecular complexity index is 1160. The lowest BCUT2D eigenvalue weighted by atomic mass is 10.1. The van der Waals surface area contributed by atoms with Gasteiger partial charge in [0.1, 0.15) is 23.7 Å². The maximum atomic E-state index is 12.9. The molecule has 2 aromatic carbocycles. The molecule has 1 fully saturated rings. The summed E-state index contributed by atoms with van der Waals surface area (Å²) in [5, 5.41) is 2.20. The first-order valence-corrected chi connectivity index (χ1v) is 9.70. The number of barbiturate groups is 1. The van der Waals surface area contributed by atoms with Crippen molar-refractivity contribution in [1.29, 1.82) is 0 Å². The van der Waals surface area contributed by atoms with Gasteiger partial charge < -0.3 is 9.15 Å². The van der Waals surface area contributed by atoms with Crippen LogP contribution in [0.15, 0.2) is 76.9 Å². The van der Waals surface area contributed by atoms with Gasteiger partial charge in [-0.25, -0.2) is 4.79 Å². The first-order chi connectivity index (χ1) is 15.0. The van der Waals surface area contributed by atoms with Crippen molar-refractivity contribution < 1.29 is 23.5 Å². The van der Waals surface area contributed by atoms with Crippen molar-refractivity contribution in [1.82, 2.24) is 10.2 Å². The van der Waals surface area contributed by atoms with Crippen LogP contribution in [-0.4, -0.2) is 22.7 Å². The summed E-state index contributed by atoms with van der Waals surface area (Å²) >= 11 is 0. The smallest absolute Gasteiger partial charge is 0.331 e. The highest BCUT2D eigenvalue weighted by molar-refractivity contribution is 6.31. The molecule has 1 aliphatic heterocycles. The van der Waals surface area contributed by atoms with Crippen molar-refractivity contribution in [2.45, 2.75) is 20.1 Å². The van der Waals surface area contributed by atoms with Crippen molar-refractivity contribution in [3.8, 4) is 5.75 Å². The van der Waals surface area contributed by atoms with Crippen molar-refractivity contribution in [2.24, 2.45) is 0 Å². The molecule has 1 saturated heterocycles. The van der Waals surface area contributed by atoms with Gasteiger partial charge in [0.25, 0.3) is 11.8 Å². The molecule has 2 heterocycles. The number of furan rings is 1. The van der Waals surface area contributed by atoms with E-state index in [0.717, 1.165) is 16.0 Å². The average molecular weight is 416 g/mol. The Balaban J connectivity index is 1.58. The van der Waals surface area contributed by atoms with E-state index in [1.54, 1.807) is 30.3 Å². The molecule has 156 valence electrons. The van der Waals surface area contributed by atoms with E-state index >= 15 is 0 Å². The molecule has 7 heteroatoms. The molecule has 0 aliphatic carbocycles. The summed E-state index contributed by atoms with van der Waals surface area (Å²) in [6, 6.07) is 17.6. The molecule has 0 radical (unpaired) electrons. The highest BCUT2D eigenvalue weighted by Gasteiger charge is 2.36. The molecule has 0 saturated carbocycles. The zero-order valence-electron chi connectivity index (χ0n) is 16.8. The van der Waals surface area contributed by atoms with Gasteiger partial charge in [-0.05, 0) is 36.8 Å². The average Bonchev–Trinajstić information content (AvgIpc) is 3.27. The molecule has 7 nitrogen and oxygen atoms in total. The van der Waals surface area contributed by atoms with E-state index in [-0.39, 0.29) is 12.1 Å². The lowest BCUT2D eigenvalue weighted by molar-refractivity contribution is -0.130. The minimum absolute atomic E-state index is 0.0756. The van der Waals surface area contributed by atoms with Crippen molar-refractivity contribution in [3.63, 3.8) is 0 Å². The molecule has 1 aromatic heterocycles. The number of imide groups is 2. The minimum atomic E-state index is -0.785. The van der Waals surface area contributed by atoms with Crippen LogP contribution in [0.5, 0.6) is 5.75 Å². The molecule has 31 heavy (non-hydrogen) atoms. The predicted molar refractivity (Wildman–Crippen MR) is 113 cm³/mol. The quantitative estimate of drug-likeness (QED) is 0.487. The Hall–Kier alpha value is -4.13. The first-order valence-electron chi connectivity index (χ1n) is 9.70. The number of aryl methyl sites for hydroxylation is 1. The third kappa shape index (κ3) is 4.56. The molecule has 0 bridgehead atoms. The van der Waals surface area contributed by atoms with Gasteiger partial charge in [0.05, 0.1) is 12.8 Å². The van der Waals surface area contributed by atoms with Gasteiger partial charge in [-0.1, -0.05) is 48.0 Å². The van der Waals surface area contributed by atoms with Crippen LogP contribution < -0.4 is 10.1 Å². The number of para-hydroxylation sites is 1. The zero-order valence-corrected chi connectivity index (χ0v) is 16.8. The molecule has 0 spiro atoms. The van der Waals surface area contributed by atoms with E-state index in [1.165, 1.54) is 12.3 Å². The third-order valence-electron chi connectivity index (χ3n) is 4.78. The van der Waals surface area contributed by atoms with Crippen molar-refractivity contribution in [2.75, 3.05) is 0 Å². The number of ether oxygens (including phenoxy) is 1. The number of carbonyl (C=O) groups is 3. The molecule has 1 aliphatic rings. The van der Waals surface area contributed by atoms with Crippen molar-refractivity contribution in [3.05, 3.63) is 95.0 Å². The summed E-state index contributed by atoms with van der Waals surface area (Å²) < 4.78 is 11.2. The number of amides is 4. The maximum absolute atomic E-state index is 12.9. The molecule has 1 N–H and O–H groups in total. The van der Waals surface area contributed by atoms with E-state index < -0.39 is 17.8 Å². The van der Waals surface area contributed by atoms with E-state index in [2.05, 4.69) is 5.32 Å². The standard InChI is InChI=1S/C24H20N2O5/c1-16-6-4-7-17(12-16)15-31-21-10-3-2-8-18(21)13-20-22(27)25-24(29)26(23(20)28)14-19-9-5-11-30-19/h2-13H,14-15H2,1H3,(H,25,27,29)/b20-13+. The molecule has 4 amide bonds. The zero-order chi connectivity index (χ0) is 21.8. The number of carbonyl (C=O) groups excluding carboxylic acids is 3. The highest BCUT2D eigenvalue weighted by Crippen LogP contribution is 2.24. The Labute approximate surface area is 178 Å². The monoisotopic (exact) mass is 416 g/mol. The van der Waals surface area contributed by atoms with Gasteiger partial charge in [0.15, 0.2) is 0 Å². The Kier molecular flexibility index (Phi) is 5.66. The second-order valence-corrected chi connectivity index (χ2v) is 7.10. The summed E-state index contributed by atoms with van der Waals surface area (Å²) in [6.07, 6.45) is 2.89. The summed E-state index contributed by atoms with van der Waals surface area (Å²) in [7, 11) is 0. The van der Waals surface area contributed by atoms with Crippen LogP contribution in [0.25, 0.3) is 6.08 Å². The fraction of sp³-hybridized carbons (Fsp3) is 0.125. The van der Waals surface area contributed by atoms with Crippen LogP contribution in [0.3, 0.4) is 0 Å². The van der Waals surface area contributed by atoms with Crippen LogP contribution in [0.4, 0.5) is 4.79 Å². The predicted octanol–water partition coefficient (Wildman–Crippen LogP) is 3.83. The largest absolute Gasteiger partial charge is 0.488 e. The van der Waals surface area contributed by atoms with Crippen LogP contribution in [-0.2, 0) is 22.7 Å². The first kappa shape index (κ1) is 20.2. The minimum Gasteiger partial charge on any atom is -0.488 e. The van der Waals surface area contributed by atoms with E-state index in [9.17, 15) is 14.4 Å². The number of hydrogen-bond acceptors (Lipinski definition) is 5. The molecule has 0 unspecified atom stereocenters. The lowest BCUT2D eigenvalue weighted by Gasteiger charge is -2.25. The summed E-state index contributed by atoms with van der Waals surface area (Å²) in [6.45, 7) is 2.27. The fourth-order valence-corrected chi connectivity index (χ4v) is 3.25. The molecule has 3 aromatic rings. The van der Waals surface area contributed by atoms with Gasteiger partial charge >= 0.3 is 6.03 Å². The Morgan fingerprint density at radius 2 is 1.87 bits per heavy atom. The number of nitrogens with one attached hydrogen (secondary N) is 1. The van der Waals surface area contributed by atoms with Gasteiger partial charge in [0, 0.05) is 5.56 Å². The van der Waals surface area contributed by atoms with E-state index in [4.69, 9.17) is 9.15 Å². The van der Waals surface area contributed by atoms with Crippen LogP contribution in [0.2, 0.25) is 0 Å². The topological polar surface area (TPSA) is 88.8 Å². The fourth-order valence-electron chi connectivity index (χ4n) is 3.25. The highest BCUT2D eigenvalue weighted by atomic mass is 16.5. The Morgan fingerprint density at radius 1 is 1.03 bits per heavy atom. The number of benzene rings is 2. The van der Waals surface area contributed by atoms with Gasteiger partial charge in [-0.15, -0.1) is 0 Å². The summed E-state index contributed by atoms with van der Waals surface area (Å²) in [4.78, 5) is 38.4. The summed E-state index contributed by atoms with van der Waals surface area (Å²) in [5.74, 6) is -0.497. The molecule has 0 atom stereocenters. The Morgan fingerprint density at radius 3 is 2.65 bits per heavy atom. The molecular formula is C24H20N2O5. The third-order valence-corrected chi connectivity index (χ3v) is 4.78. The normalized spacial score (nSPS) is 15.3. The lowest BCUT2D eigenvalue weighted by Crippen LogP contribution is -2.53. The van der Waals surface area contributed by atoms with E-state index in [0.29, 0.717) is 23.7 Å². The number of rotatable bonds is 6. The van der Waals surface area contributed by atoms with Crippen molar-refractivity contribution >= 4 is 23.9 Å². The summed E-state index contributed by atoms with van der Waals surface area (Å²) in [5.41, 5.74) is 2.53. The van der Waals surface area contributed by atoms with Gasteiger partial charge in [0.2, 0.25) is 0 Å². The molecular weight excluding hydrogens is 396 g/mol. The molecule has 4 rings (SSSR count). The number of hydrogen-bond donors (Lipinski definition) is 1. The van der Waals surface area contributed by atoms with Crippen LogP contribution in [0.1, 0.15) is 22.5 Å². The van der Waals surface area contributed by atoms with Crippen LogP contribution in [0, 0.1) is 6.92 Å². The second-order valence-electron chi connectivity index (χ2n) is 7.10. The van der Waals surface area contributed by atoms with Crippen LogP contribution >= 0.6 is 0 Å². The number of urea groups is 1. The van der Waals surface area contributed by atoms with Gasteiger partial charge in [-0.3, -0.25) is 19.8 Å². The SMILES string of the molecule is Cc1cccc(COc2ccccc2/C=C2\C(=O)NC(=O)N(Cc3ccco3)C2=O)c1. The second kappa shape index (κ2) is 8.71.